The molecule has 0 fully saturated rings. The van der Waals surface area contributed by atoms with Gasteiger partial charge in [-0.05, 0) is 190 Å². The third-order valence-corrected chi connectivity index (χ3v) is 16.3. The van der Waals surface area contributed by atoms with Crippen LogP contribution in [0.15, 0.2) is 194 Å². The van der Waals surface area contributed by atoms with Crippen LogP contribution in [-0.2, 0) is 24.7 Å². The van der Waals surface area contributed by atoms with Crippen molar-refractivity contribution in [2.24, 2.45) is 0 Å². The van der Waals surface area contributed by atoms with E-state index >= 15 is 0 Å². The first-order chi connectivity index (χ1) is 38.3. The predicted octanol–water partition coefficient (Wildman–Crippen LogP) is 22.1. The Labute approximate surface area is 445 Å². The van der Waals surface area contributed by atoms with Gasteiger partial charge in [0.25, 0.3) is 0 Å². The molecule has 13 aromatic rings. The van der Waals surface area contributed by atoms with Crippen molar-refractivity contribution in [3.05, 3.63) is 216 Å². The van der Waals surface area contributed by atoms with Crippen LogP contribution >= 0.6 is 0 Å². The van der Waals surface area contributed by atoms with Crippen LogP contribution in [0.1, 0.15) is 22.3 Å². The van der Waals surface area contributed by atoms with Crippen molar-refractivity contribution in [2.45, 2.75) is 24.7 Å². The molecular formula is C68H32F12. The molecule has 388 valence electrons. The molecule has 0 atom stereocenters. The van der Waals surface area contributed by atoms with Gasteiger partial charge < -0.3 is 0 Å². The number of fused-ring (bicyclic) bond motifs is 10. The number of benzene rings is 13. The molecule has 2 aliphatic carbocycles. The van der Waals surface area contributed by atoms with E-state index in [1.54, 1.807) is 36.4 Å². The summed E-state index contributed by atoms with van der Waals surface area (Å²) in [6.45, 7) is 0. The molecule has 0 nitrogen and oxygen atoms in total. The fourth-order valence-corrected chi connectivity index (χ4v) is 13.3. The Morgan fingerprint density at radius 2 is 0.425 bits per heavy atom. The van der Waals surface area contributed by atoms with E-state index < -0.39 is 47.0 Å². The molecule has 15 rings (SSSR count). The first-order valence-electron chi connectivity index (χ1n) is 25.4. The van der Waals surface area contributed by atoms with Crippen LogP contribution in [0.2, 0.25) is 0 Å². The van der Waals surface area contributed by atoms with Crippen molar-refractivity contribution in [3.63, 3.8) is 0 Å². The van der Waals surface area contributed by atoms with Crippen LogP contribution in [0.4, 0.5) is 52.7 Å². The Morgan fingerprint density at radius 1 is 0.188 bits per heavy atom. The lowest BCUT2D eigenvalue weighted by Crippen LogP contribution is -2.11. The average Bonchev–Trinajstić information content (AvgIpc) is 4.18. The lowest BCUT2D eigenvalue weighted by molar-refractivity contribution is -0.144. The summed E-state index contributed by atoms with van der Waals surface area (Å²) in [4.78, 5) is 0. The summed E-state index contributed by atoms with van der Waals surface area (Å²) < 4.78 is 177. The standard InChI is InChI=1S/C68H32F12/c69-65(70,71)37-27-35(28-38(31-37)66(72,73)74)55-43-17-9-7-15-41(43)53(33-11-3-1-4-12-33)61-49-23-19-45-46-20-24-50-60-52(26-22-48(58(46)60)47-21-25-51(63(55)61)59(49)57(45)47)64-56(36-29-39(67(75,76)77)32-40(30-36)68(78,79)80)44-18-10-8-16-42(44)54(62(50)64)34-13-5-2-6-14-34/h1-32H. The van der Waals surface area contributed by atoms with Crippen molar-refractivity contribution >= 4 is 64.6 Å². The second kappa shape index (κ2) is 16.2. The smallest absolute Gasteiger partial charge is 0.166 e. The first-order valence-corrected chi connectivity index (χ1v) is 25.4. The predicted molar refractivity (Wildman–Crippen MR) is 293 cm³/mol. The van der Waals surface area contributed by atoms with E-state index in [0.717, 1.165) is 101 Å². The zero-order chi connectivity index (χ0) is 55.1. The van der Waals surface area contributed by atoms with E-state index in [4.69, 9.17) is 0 Å². The molecule has 13 aromatic carbocycles. The van der Waals surface area contributed by atoms with Gasteiger partial charge in [-0.1, -0.05) is 158 Å². The van der Waals surface area contributed by atoms with Crippen LogP contribution in [0.25, 0.3) is 154 Å². The van der Waals surface area contributed by atoms with Crippen LogP contribution < -0.4 is 0 Å². The highest BCUT2D eigenvalue weighted by Gasteiger charge is 2.41. The molecule has 0 aliphatic heterocycles. The Morgan fingerprint density at radius 3 is 0.675 bits per heavy atom. The van der Waals surface area contributed by atoms with Crippen LogP contribution in [0, 0.1) is 0 Å². The Kier molecular flexibility index (Phi) is 9.73. The van der Waals surface area contributed by atoms with Crippen molar-refractivity contribution in [3.8, 4) is 89.0 Å². The zero-order valence-electron chi connectivity index (χ0n) is 41.0. The minimum Gasteiger partial charge on any atom is -0.166 e. The van der Waals surface area contributed by atoms with Gasteiger partial charge in [0.05, 0.1) is 22.3 Å². The number of alkyl halides is 12. The molecule has 0 saturated carbocycles. The lowest BCUT2D eigenvalue weighted by atomic mass is 9.82. The summed E-state index contributed by atoms with van der Waals surface area (Å²) in [6, 6.07) is 51.8. The average molecular weight is 1080 g/mol. The monoisotopic (exact) mass is 1080 g/mol. The third kappa shape index (κ3) is 6.74. The molecule has 0 saturated heterocycles. The van der Waals surface area contributed by atoms with Crippen molar-refractivity contribution in [2.75, 3.05) is 0 Å². The SMILES string of the molecule is FC(F)(F)c1cc(-c2c3c(c(-c4ccccc4)c4ccccc24)-c2ccc4c5ccc6c7c(ccc(c8ccc-3c2c48)c75)-c2c-6c(-c3ccccc3)c3ccccc3c2-c2cc(C(F)(F)F)cc(C(F)(F)F)c2)cc(C(F)(F)F)c1. The molecule has 0 spiro atoms. The van der Waals surface area contributed by atoms with E-state index in [-0.39, 0.29) is 34.4 Å². The molecule has 0 N–H and O–H groups in total. The van der Waals surface area contributed by atoms with Crippen LogP contribution in [-0.4, -0.2) is 0 Å². The van der Waals surface area contributed by atoms with Crippen LogP contribution in [0.5, 0.6) is 0 Å². The highest BCUT2D eigenvalue weighted by molar-refractivity contribution is 6.42. The largest absolute Gasteiger partial charge is 0.416 e. The van der Waals surface area contributed by atoms with Gasteiger partial charge in [0.2, 0.25) is 0 Å². The molecule has 0 aromatic heterocycles. The van der Waals surface area contributed by atoms with E-state index in [9.17, 15) is 52.7 Å². The summed E-state index contributed by atoms with van der Waals surface area (Å²) in [6.07, 6.45) is -20.5. The minimum absolute atomic E-state index is 0.134. The van der Waals surface area contributed by atoms with Gasteiger partial charge in [-0.15, -0.1) is 0 Å². The lowest BCUT2D eigenvalue weighted by Gasteiger charge is -2.22. The summed E-state index contributed by atoms with van der Waals surface area (Å²) in [5, 5.41) is 8.27. The molecule has 12 heteroatoms. The molecule has 0 bridgehead atoms. The number of halogens is 12. The summed E-state index contributed by atoms with van der Waals surface area (Å²) in [7, 11) is 0. The maximum atomic E-state index is 14.7. The quantitative estimate of drug-likeness (QED) is 0.0936. The summed E-state index contributed by atoms with van der Waals surface area (Å²) in [5.74, 6) is 0. The normalized spacial score (nSPS) is 13.2. The first kappa shape index (κ1) is 48.0. The zero-order valence-corrected chi connectivity index (χ0v) is 41.0. The maximum Gasteiger partial charge on any atom is 0.416 e. The number of hydrogen-bond acceptors (Lipinski definition) is 0. The molecule has 0 radical (unpaired) electrons. The molecule has 80 heavy (non-hydrogen) atoms. The molecule has 0 unspecified atom stereocenters. The van der Waals surface area contributed by atoms with Gasteiger partial charge >= 0.3 is 24.7 Å². The van der Waals surface area contributed by atoms with Crippen molar-refractivity contribution < 1.29 is 52.7 Å². The van der Waals surface area contributed by atoms with Gasteiger partial charge in [-0.25, -0.2) is 0 Å². The summed E-state index contributed by atoms with van der Waals surface area (Å²) in [5.41, 5.74) is 2.03. The van der Waals surface area contributed by atoms with E-state index in [1.807, 2.05) is 121 Å². The van der Waals surface area contributed by atoms with Gasteiger partial charge in [-0.3, -0.25) is 0 Å². The van der Waals surface area contributed by atoms with Gasteiger partial charge in [-0.2, -0.15) is 52.7 Å². The Bertz CT molecular complexity index is 4460. The van der Waals surface area contributed by atoms with E-state index in [2.05, 4.69) is 0 Å². The maximum absolute atomic E-state index is 14.7. The van der Waals surface area contributed by atoms with Gasteiger partial charge in [0.15, 0.2) is 0 Å². The Hall–Kier alpha value is -9.16. The van der Waals surface area contributed by atoms with Crippen molar-refractivity contribution in [1.29, 1.82) is 0 Å². The van der Waals surface area contributed by atoms with Gasteiger partial charge in [0, 0.05) is 0 Å². The fraction of sp³-hybridized carbons (Fsp3) is 0.0588. The second-order valence-electron chi connectivity index (χ2n) is 20.6. The van der Waals surface area contributed by atoms with Gasteiger partial charge in [0.1, 0.15) is 0 Å². The highest BCUT2D eigenvalue weighted by atomic mass is 19.4. The number of hydrogen-bond donors (Lipinski definition) is 0. The molecule has 2 aliphatic rings. The second-order valence-corrected chi connectivity index (χ2v) is 20.6. The molecular weight excluding hydrogens is 1040 g/mol. The van der Waals surface area contributed by atoms with Crippen LogP contribution in [0.3, 0.4) is 0 Å². The Balaban J connectivity index is 1.06. The third-order valence-electron chi connectivity index (χ3n) is 16.3. The number of rotatable bonds is 4. The highest BCUT2D eigenvalue weighted by Crippen LogP contribution is 2.63. The summed E-state index contributed by atoms with van der Waals surface area (Å²) >= 11 is 0. The topological polar surface area (TPSA) is 0 Å². The molecule has 0 heterocycles. The van der Waals surface area contributed by atoms with E-state index in [0.29, 0.717) is 54.9 Å². The molecule has 0 amide bonds. The minimum atomic E-state index is -5.12. The van der Waals surface area contributed by atoms with E-state index in [1.165, 1.54) is 0 Å². The van der Waals surface area contributed by atoms with Crippen molar-refractivity contribution in [1.82, 2.24) is 0 Å². The fourth-order valence-electron chi connectivity index (χ4n) is 13.3.